The van der Waals surface area contributed by atoms with Crippen molar-refractivity contribution in [2.24, 2.45) is 5.73 Å². The lowest BCUT2D eigenvalue weighted by atomic mass is 10.0. The number of carbonyl (C=O) groups excluding carboxylic acids is 3. The molecule has 3 aromatic rings. The lowest BCUT2D eigenvalue weighted by Gasteiger charge is -2.15. The monoisotopic (exact) mass is 469 g/mol. The third-order valence-electron chi connectivity index (χ3n) is 5.39. The van der Waals surface area contributed by atoms with Gasteiger partial charge in [0, 0.05) is 36.8 Å². The van der Waals surface area contributed by atoms with Crippen LogP contribution < -0.4 is 11.1 Å². The Labute approximate surface area is 193 Å². The number of carbonyl (C=O) groups is 3. The topological polar surface area (TPSA) is 121 Å². The second kappa shape index (κ2) is 9.51. The number of anilines is 1. The van der Waals surface area contributed by atoms with Crippen LogP contribution in [0.1, 0.15) is 43.3 Å². The van der Waals surface area contributed by atoms with Crippen molar-refractivity contribution in [3.05, 3.63) is 82.1 Å². The third kappa shape index (κ3) is 5.10. The number of rotatable bonds is 6. The summed E-state index contributed by atoms with van der Waals surface area (Å²) in [7, 11) is 0. The van der Waals surface area contributed by atoms with Crippen molar-refractivity contribution in [3.63, 3.8) is 0 Å². The van der Waals surface area contributed by atoms with Gasteiger partial charge in [0.15, 0.2) is 11.5 Å². The number of aromatic amines is 1. The normalized spacial score (nSPS) is 15.5. The summed E-state index contributed by atoms with van der Waals surface area (Å²) in [5.74, 6) is -1.62. The fourth-order valence-electron chi connectivity index (χ4n) is 3.65. The van der Waals surface area contributed by atoms with Crippen LogP contribution in [0.2, 0.25) is 5.02 Å². The van der Waals surface area contributed by atoms with Gasteiger partial charge < -0.3 is 20.9 Å². The summed E-state index contributed by atoms with van der Waals surface area (Å²) in [6.45, 7) is 0.964. The van der Waals surface area contributed by atoms with E-state index in [4.69, 9.17) is 17.3 Å². The number of hydrogen-bond acceptors (Lipinski definition) is 5. The van der Waals surface area contributed by atoms with Gasteiger partial charge in [-0.15, -0.1) is 0 Å². The van der Waals surface area contributed by atoms with Gasteiger partial charge in [-0.05, 0) is 42.3 Å². The smallest absolute Gasteiger partial charge is 0.276 e. The fraction of sp³-hybridized carbons (Fsp3) is 0.217. The summed E-state index contributed by atoms with van der Waals surface area (Å²) in [6.07, 6.45) is 2.08. The molecular formula is C23H21ClFN5O3. The van der Waals surface area contributed by atoms with Gasteiger partial charge >= 0.3 is 0 Å². The van der Waals surface area contributed by atoms with E-state index in [1.165, 1.54) is 18.5 Å². The maximum Gasteiger partial charge on any atom is 0.276 e. The average molecular weight is 470 g/mol. The molecule has 1 atom stereocenters. The Balaban J connectivity index is 1.40. The maximum absolute atomic E-state index is 13.2. The molecule has 170 valence electrons. The van der Waals surface area contributed by atoms with Gasteiger partial charge in [0.25, 0.3) is 11.8 Å². The van der Waals surface area contributed by atoms with Gasteiger partial charge in [-0.3, -0.25) is 14.4 Å². The standard InChI is InChI=1S/C23H21ClFN5O3/c24-18-10-14(25)3-6-17(18)19(31)9-13-1-4-16(5-2-13)29-22(32)20-21(28-12-27-20)23(33)30-8-7-15(26)11-30/h1-6,10,12,15H,7-9,11,26H2,(H,27,28)(H,29,32). The molecule has 8 nitrogen and oxygen atoms in total. The van der Waals surface area contributed by atoms with Crippen LogP contribution in [-0.4, -0.2) is 51.6 Å². The minimum atomic E-state index is -0.537. The molecule has 4 rings (SSSR count). The van der Waals surface area contributed by atoms with Gasteiger partial charge in [-0.25, -0.2) is 9.37 Å². The first kappa shape index (κ1) is 22.6. The van der Waals surface area contributed by atoms with Crippen molar-refractivity contribution in [1.29, 1.82) is 0 Å². The summed E-state index contributed by atoms with van der Waals surface area (Å²) in [4.78, 5) is 46.2. The molecule has 0 saturated carbocycles. The molecule has 1 fully saturated rings. The minimum Gasteiger partial charge on any atom is -0.340 e. The molecule has 33 heavy (non-hydrogen) atoms. The van der Waals surface area contributed by atoms with Crippen molar-refractivity contribution in [2.75, 3.05) is 18.4 Å². The summed E-state index contributed by atoms with van der Waals surface area (Å²) >= 11 is 5.96. The number of Topliss-reactive ketones (excluding diaryl/α,β-unsaturated/α-hetero) is 1. The molecule has 1 unspecified atom stereocenters. The molecule has 1 aliphatic heterocycles. The first-order valence-corrected chi connectivity index (χ1v) is 10.7. The molecule has 1 saturated heterocycles. The Bertz CT molecular complexity index is 1210. The van der Waals surface area contributed by atoms with Crippen LogP contribution in [0, 0.1) is 5.82 Å². The number of ketones is 1. The summed E-state index contributed by atoms with van der Waals surface area (Å²) in [6, 6.07) is 10.2. The zero-order chi connectivity index (χ0) is 23.5. The SMILES string of the molecule is NC1CCN(C(=O)c2[nH]cnc2C(=O)Nc2ccc(CC(=O)c3ccc(F)cc3Cl)cc2)C1. The molecule has 0 bridgehead atoms. The fourth-order valence-corrected chi connectivity index (χ4v) is 3.92. The molecule has 2 amide bonds. The number of nitrogens with zero attached hydrogens (tertiary/aromatic N) is 2. The second-order valence-electron chi connectivity index (χ2n) is 7.80. The lowest BCUT2D eigenvalue weighted by Crippen LogP contribution is -2.33. The van der Waals surface area contributed by atoms with Crippen LogP contribution >= 0.6 is 11.6 Å². The number of likely N-dealkylation sites (tertiary alicyclic amines) is 1. The van der Waals surface area contributed by atoms with Gasteiger partial charge in [0.2, 0.25) is 0 Å². The van der Waals surface area contributed by atoms with Crippen LogP contribution in [0.25, 0.3) is 0 Å². The molecule has 1 aromatic heterocycles. The van der Waals surface area contributed by atoms with Gasteiger partial charge in [0.1, 0.15) is 11.5 Å². The molecule has 0 aliphatic carbocycles. The van der Waals surface area contributed by atoms with E-state index >= 15 is 0 Å². The molecule has 2 heterocycles. The number of amides is 2. The van der Waals surface area contributed by atoms with E-state index < -0.39 is 11.7 Å². The number of nitrogens with two attached hydrogens (primary N) is 1. The van der Waals surface area contributed by atoms with Gasteiger partial charge in [-0.2, -0.15) is 0 Å². The molecule has 1 aliphatic rings. The summed E-state index contributed by atoms with van der Waals surface area (Å²) in [5.41, 5.74) is 7.37. The number of benzene rings is 2. The summed E-state index contributed by atoms with van der Waals surface area (Å²) in [5, 5.41) is 2.76. The van der Waals surface area contributed by atoms with E-state index in [1.807, 2.05) is 0 Å². The Kier molecular flexibility index (Phi) is 6.52. The number of aromatic nitrogens is 2. The van der Waals surface area contributed by atoms with Crippen LogP contribution in [-0.2, 0) is 6.42 Å². The number of nitrogens with one attached hydrogen (secondary N) is 2. The highest BCUT2D eigenvalue weighted by Gasteiger charge is 2.29. The van der Waals surface area contributed by atoms with Crippen molar-refractivity contribution < 1.29 is 18.8 Å². The highest BCUT2D eigenvalue weighted by atomic mass is 35.5. The largest absolute Gasteiger partial charge is 0.340 e. The van der Waals surface area contributed by atoms with Crippen LogP contribution in [0.15, 0.2) is 48.8 Å². The molecule has 2 aromatic carbocycles. The van der Waals surface area contributed by atoms with Gasteiger partial charge in [0.05, 0.1) is 11.3 Å². The predicted octanol–water partition coefficient (Wildman–Crippen LogP) is 3.05. The quantitative estimate of drug-likeness (QED) is 0.479. The first-order chi connectivity index (χ1) is 15.8. The van der Waals surface area contributed by atoms with E-state index in [1.54, 1.807) is 29.2 Å². The summed E-state index contributed by atoms with van der Waals surface area (Å²) < 4.78 is 13.2. The van der Waals surface area contributed by atoms with E-state index in [9.17, 15) is 18.8 Å². The van der Waals surface area contributed by atoms with Crippen LogP contribution in [0.4, 0.5) is 10.1 Å². The average Bonchev–Trinajstić information content (AvgIpc) is 3.44. The number of hydrogen-bond donors (Lipinski definition) is 3. The first-order valence-electron chi connectivity index (χ1n) is 10.3. The minimum absolute atomic E-state index is 0.00863. The molecule has 10 heteroatoms. The highest BCUT2D eigenvalue weighted by Crippen LogP contribution is 2.20. The van der Waals surface area contributed by atoms with Crippen LogP contribution in [0.5, 0.6) is 0 Å². The number of halogens is 2. The highest BCUT2D eigenvalue weighted by molar-refractivity contribution is 6.34. The van der Waals surface area contributed by atoms with Crippen molar-refractivity contribution >= 4 is 34.9 Å². The zero-order valence-corrected chi connectivity index (χ0v) is 18.2. The molecule has 0 spiro atoms. The Morgan fingerprint density at radius 1 is 1.21 bits per heavy atom. The Morgan fingerprint density at radius 3 is 2.64 bits per heavy atom. The van der Waals surface area contributed by atoms with E-state index in [0.717, 1.165) is 6.07 Å². The predicted molar refractivity (Wildman–Crippen MR) is 121 cm³/mol. The zero-order valence-electron chi connectivity index (χ0n) is 17.5. The lowest BCUT2D eigenvalue weighted by molar-refractivity contribution is 0.0780. The van der Waals surface area contributed by atoms with E-state index in [-0.39, 0.29) is 46.1 Å². The molecule has 4 N–H and O–H groups in total. The Morgan fingerprint density at radius 2 is 1.97 bits per heavy atom. The molecular weight excluding hydrogens is 449 g/mol. The van der Waals surface area contributed by atoms with E-state index in [2.05, 4.69) is 15.3 Å². The number of H-pyrrole nitrogens is 1. The van der Waals surface area contributed by atoms with Crippen molar-refractivity contribution in [1.82, 2.24) is 14.9 Å². The Hall–Kier alpha value is -3.56. The van der Waals surface area contributed by atoms with Crippen molar-refractivity contribution in [3.8, 4) is 0 Å². The molecule has 0 radical (unpaired) electrons. The van der Waals surface area contributed by atoms with Crippen LogP contribution in [0.3, 0.4) is 0 Å². The maximum atomic E-state index is 13.2. The third-order valence-corrected chi connectivity index (χ3v) is 5.70. The van der Waals surface area contributed by atoms with Gasteiger partial charge in [-0.1, -0.05) is 23.7 Å². The van der Waals surface area contributed by atoms with Crippen molar-refractivity contribution in [2.45, 2.75) is 18.9 Å². The second-order valence-corrected chi connectivity index (χ2v) is 8.21. The number of imidazole rings is 1. The van der Waals surface area contributed by atoms with E-state index in [0.29, 0.717) is 30.8 Å².